The van der Waals surface area contributed by atoms with E-state index in [1.807, 2.05) is 13.0 Å². The molecule has 0 spiro atoms. The Kier molecular flexibility index (Phi) is 5.31. The third kappa shape index (κ3) is 3.82. The van der Waals surface area contributed by atoms with E-state index < -0.39 is 18.2 Å². The van der Waals surface area contributed by atoms with Crippen molar-refractivity contribution in [2.45, 2.75) is 25.0 Å². The van der Waals surface area contributed by atoms with E-state index in [-0.39, 0.29) is 18.5 Å². The van der Waals surface area contributed by atoms with Crippen LogP contribution in [0, 0.1) is 0 Å². The van der Waals surface area contributed by atoms with Crippen LogP contribution >= 0.6 is 0 Å². The number of esters is 1. The number of hydrogen-bond donors (Lipinski definition) is 1. The van der Waals surface area contributed by atoms with Crippen LogP contribution in [0.25, 0.3) is 0 Å². The van der Waals surface area contributed by atoms with Gasteiger partial charge in [-0.15, -0.1) is 5.73 Å². The first-order valence-corrected chi connectivity index (χ1v) is 5.57. The predicted octanol–water partition coefficient (Wildman–Crippen LogP) is 0.941. The fourth-order valence-electron chi connectivity index (χ4n) is 1.63. The number of aliphatic hydroxyl groups excluding tert-OH is 1. The van der Waals surface area contributed by atoms with Gasteiger partial charge in [0.2, 0.25) is 0 Å². The Morgan fingerprint density at radius 3 is 2.94 bits per heavy atom. The summed E-state index contributed by atoms with van der Waals surface area (Å²) in [5, 5.41) is 8.89. The smallest absolute Gasteiger partial charge is 0.344 e. The van der Waals surface area contributed by atoms with E-state index in [1.54, 1.807) is 13.2 Å². The van der Waals surface area contributed by atoms with Crippen LogP contribution < -0.4 is 0 Å². The van der Waals surface area contributed by atoms with Crippen molar-refractivity contribution >= 4 is 5.97 Å². The quantitative estimate of drug-likeness (QED) is 0.251. The van der Waals surface area contributed by atoms with Crippen LogP contribution in [0.15, 0.2) is 30.0 Å². The van der Waals surface area contributed by atoms with Crippen LogP contribution in [0.4, 0.5) is 0 Å². The first-order valence-electron chi connectivity index (χ1n) is 5.57. The van der Waals surface area contributed by atoms with E-state index in [9.17, 15) is 4.79 Å². The third-order valence-corrected chi connectivity index (χ3v) is 2.65. The molecule has 0 saturated heterocycles. The molecule has 18 heavy (non-hydrogen) atoms. The van der Waals surface area contributed by atoms with Gasteiger partial charge in [-0.25, -0.2) is 4.79 Å². The fraction of sp³-hybridized carbons (Fsp3) is 0.538. The minimum Gasteiger partial charge on any atom is -0.454 e. The number of rotatable bonds is 6. The molecule has 100 valence electrons. The van der Waals surface area contributed by atoms with E-state index in [4.69, 9.17) is 19.3 Å². The van der Waals surface area contributed by atoms with Gasteiger partial charge >= 0.3 is 5.97 Å². The maximum absolute atomic E-state index is 11.6. The molecule has 0 radical (unpaired) electrons. The molecule has 5 nitrogen and oxygen atoms in total. The lowest BCUT2D eigenvalue weighted by atomic mass is 10.1. The molecule has 0 amide bonds. The Morgan fingerprint density at radius 2 is 2.39 bits per heavy atom. The fourth-order valence-corrected chi connectivity index (χ4v) is 1.63. The molecule has 1 aliphatic rings. The van der Waals surface area contributed by atoms with Gasteiger partial charge in [0.1, 0.15) is 18.5 Å². The van der Waals surface area contributed by atoms with Crippen molar-refractivity contribution in [3.8, 4) is 0 Å². The van der Waals surface area contributed by atoms with Gasteiger partial charge < -0.3 is 19.3 Å². The Bertz CT molecular complexity index is 381. The van der Waals surface area contributed by atoms with Crippen LogP contribution in [0.3, 0.4) is 0 Å². The standard InChI is InChI=1S/C13H18O5/c1-4-10(8-14)12(15)18-11-5-6-13(2,7-11)17-9-16-3/h5-6,11,14H,1,7-9H2,2-3H3/t11-,13-/m1/s1. The molecule has 0 unspecified atom stereocenters. The summed E-state index contributed by atoms with van der Waals surface area (Å²) in [5.74, 6) is -0.613. The van der Waals surface area contributed by atoms with Crippen molar-refractivity contribution < 1.29 is 24.1 Å². The van der Waals surface area contributed by atoms with Crippen molar-refractivity contribution in [3.63, 3.8) is 0 Å². The molecule has 1 N–H and O–H groups in total. The highest BCUT2D eigenvalue weighted by Crippen LogP contribution is 2.28. The molecule has 0 aliphatic heterocycles. The number of hydrogen-bond acceptors (Lipinski definition) is 5. The molecule has 0 aromatic carbocycles. The van der Waals surface area contributed by atoms with E-state index in [1.165, 1.54) is 0 Å². The lowest BCUT2D eigenvalue weighted by Gasteiger charge is -2.23. The Hall–Kier alpha value is -1.39. The maximum Gasteiger partial charge on any atom is 0.344 e. The number of carbonyl (C=O) groups excluding carboxylic acids is 1. The number of methoxy groups -OCH3 is 1. The number of carbonyl (C=O) groups is 1. The minimum absolute atomic E-state index is 0.0230. The molecule has 0 aromatic rings. The molecular formula is C13H18O5. The monoisotopic (exact) mass is 254 g/mol. The summed E-state index contributed by atoms with van der Waals surface area (Å²) in [4.78, 5) is 11.6. The average molecular weight is 254 g/mol. The zero-order chi connectivity index (χ0) is 13.6. The second-order valence-corrected chi connectivity index (χ2v) is 4.18. The summed E-state index contributed by atoms with van der Waals surface area (Å²) in [6.45, 7) is 4.94. The first-order chi connectivity index (χ1) is 8.54. The highest BCUT2D eigenvalue weighted by molar-refractivity contribution is 5.88. The zero-order valence-corrected chi connectivity index (χ0v) is 10.6. The molecule has 1 aliphatic carbocycles. The minimum atomic E-state index is -0.613. The summed E-state index contributed by atoms with van der Waals surface area (Å²) < 4.78 is 15.5. The highest BCUT2D eigenvalue weighted by Gasteiger charge is 2.33. The van der Waals surface area contributed by atoms with Crippen LogP contribution in [0.1, 0.15) is 13.3 Å². The lowest BCUT2D eigenvalue weighted by Crippen LogP contribution is -2.28. The van der Waals surface area contributed by atoms with E-state index in [0.29, 0.717) is 6.42 Å². The normalized spacial score (nSPS) is 25.8. The summed E-state index contributed by atoms with van der Waals surface area (Å²) in [7, 11) is 1.54. The summed E-state index contributed by atoms with van der Waals surface area (Å²) in [6, 6.07) is 0. The van der Waals surface area contributed by atoms with Crippen molar-refractivity contribution in [2.75, 3.05) is 20.5 Å². The number of ether oxygens (including phenoxy) is 3. The molecule has 0 fully saturated rings. The van der Waals surface area contributed by atoms with Gasteiger partial charge in [0, 0.05) is 13.5 Å². The Labute approximate surface area is 106 Å². The molecule has 1 rings (SSSR count). The van der Waals surface area contributed by atoms with Gasteiger partial charge in [-0.1, -0.05) is 12.7 Å². The van der Waals surface area contributed by atoms with Crippen LogP contribution in [-0.2, 0) is 19.0 Å². The largest absolute Gasteiger partial charge is 0.454 e. The molecule has 0 heterocycles. The molecule has 2 atom stereocenters. The second-order valence-electron chi connectivity index (χ2n) is 4.18. The first kappa shape index (κ1) is 14.7. The summed E-state index contributed by atoms with van der Waals surface area (Å²) in [5.41, 5.74) is 1.87. The van der Waals surface area contributed by atoms with Crippen LogP contribution in [0.2, 0.25) is 0 Å². The molecule has 0 aromatic heterocycles. The second kappa shape index (κ2) is 6.52. The van der Waals surface area contributed by atoms with E-state index >= 15 is 0 Å². The van der Waals surface area contributed by atoms with Crippen LogP contribution in [-0.4, -0.2) is 43.3 Å². The van der Waals surface area contributed by atoms with Crippen LogP contribution in [0.5, 0.6) is 0 Å². The SMILES string of the molecule is C=C=C(CO)C(=O)O[C@@H]1C=C[C@@](C)(OCOC)C1. The summed E-state index contributed by atoms with van der Waals surface area (Å²) in [6.07, 6.45) is 3.72. The molecule has 0 bridgehead atoms. The zero-order valence-electron chi connectivity index (χ0n) is 10.6. The van der Waals surface area contributed by atoms with Gasteiger partial charge in [0.25, 0.3) is 0 Å². The Balaban J connectivity index is 2.51. The topological polar surface area (TPSA) is 65.0 Å². The third-order valence-electron chi connectivity index (χ3n) is 2.65. The van der Waals surface area contributed by atoms with Crippen molar-refractivity contribution in [3.05, 3.63) is 30.0 Å². The van der Waals surface area contributed by atoms with Gasteiger partial charge in [-0.3, -0.25) is 0 Å². The predicted molar refractivity (Wildman–Crippen MR) is 64.7 cm³/mol. The van der Waals surface area contributed by atoms with Gasteiger partial charge in [-0.2, -0.15) is 0 Å². The van der Waals surface area contributed by atoms with E-state index in [2.05, 4.69) is 12.3 Å². The highest BCUT2D eigenvalue weighted by atomic mass is 16.7. The van der Waals surface area contributed by atoms with Gasteiger partial charge in [0.15, 0.2) is 0 Å². The molecule has 0 saturated carbocycles. The lowest BCUT2D eigenvalue weighted by molar-refractivity contribution is -0.146. The molecule has 5 heteroatoms. The van der Waals surface area contributed by atoms with Crippen molar-refractivity contribution in [2.24, 2.45) is 0 Å². The summed E-state index contributed by atoms with van der Waals surface area (Å²) >= 11 is 0. The van der Waals surface area contributed by atoms with Crippen molar-refractivity contribution in [1.29, 1.82) is 0 Å². The van der Waals surface area contributed by atoms with Gasteiger partial charge in [-0.05, 0) is 13.0 Å². The van der Waals surface area contributed by atoms with Crippen molar-refractivity contribution in [1.82, 2.24) is 0 Å². The molecular weight excluding hydrogens is 236 g/mol. The van der Waals surface area contributed by atoms with Gasteiger partial charge in [0.05, 0.1) is 12.2 Å². The Morgan fingerprint density at radius 1 is 1.67 bits per heavy atom. The van der Waals surface area contributed by atoms with E-state index in [0.717, 1.165) is 0 Å². The maximum atomic E-state index is 11.6. The average Bonchev–Trinajstić information content (AvgIpc) is 2.70. The number of aliphatic hydroxyl groups is 1.